The van der Waals surface area contributed by atoms with Crippen LogP contribution in [0.5, 0.6) is 5.75 Å². The second kappa shape index (κ2) is 7.97. The fourth-order valence-electron chi connectivity index (χ4n) is 1.58. The van der Waals surface area contributed by atoms with E-state index in [9.17, 15) is 13.9 Å². The summed E-state index contributed by atoms with van der Waals surface area (Å²) in [5.74, 6) is 0.0662. The Morgan fingerprint density at radius 1 is 1.33 bits per heavy atom. The number of aliphatic hydroxyl groups excluding tert-OH is 1. The lowest BCUT2D eigenvalue weighted by Gasteiger charge is -2.19. The van der Waals surface area contributed by atoms with Gasteiger partial charge in [-0.2, -0.15) is 8.78 Å². The lowest BCUT2D eigenvalue weighted by atomic mass is 10.1. The van der Waals surface area contributed by atoms with Crippen molar-refractivity contribution in [2.45, 2.75) is 12.7 Å². The number of methoxy groups -OCH3 is 1. The summed E-state index contributed by atoms with van der Waals surface area (Å²) in [7, 11) is 1.56. The second-order valence-corrected chi connectivity index (χ2v) is 3.60. The van der Waals surface area contributed by atoms with Crippen molar-refractivity contribution >= 4 is 0 Å². The highest BCUT2D eigenvalue weighted by molar-refractivity contribution is 5.36. The largest absolute Gasteiger partial charge is 0.434 e. The van der Waals surface area contributed by atoms with E-state index in [2.05, 4.69) is 10.1 Å². The Bertz CT molecular complexity index is 350. The van der Waals surface area contributed by atoms with E-state index >= 15 is 0 Å². The van der Waals surface area contributed by atoms with Gasteiger partial charge in [-0.05, 0) is 6.07 Å². The van der Waals surface area contributed by atoms with Gasteiger partial charge in [0.05, 0.1) is 19.3 Å². The Morgan fingerprint density at radius 2 is 2.06 bits per heavy atom. The summed E-state index contributed by atoms with van der Waals surface area (Å²) in [5, 5.41) is 12.3. The van der Waals surface area contributed by atoms with E-state index in [0.717, 1.165) is 0 Å². The average molecular weight is 261 g/mol. The van der Waals surface area contributed by atoms with Crippen LogP contribution in [-0.4, -0.2) is 38.6 Å². The van der Waals surface area contributed by atoms with Gasteiger partial charge in [0.25, 0.3) is 0 Å². The molecule has 18 heavy (non-hydrogen) atoms. The molecule has 0 spiro atoms. The third-order valence-electron chi connectivity index (χ3n) is 2.39. The number of nitrogens with one attached hydrogen (secondary N) is 1. The molecule has 0 fully saturated rings. The Kier molecular flexibility index (Phi) is 6.56. The average Bonchev–Trinajstić information content (AvgIpc) is 2.35. The van der Waals surface area contributed by atoms with Crippen LogP contribution in [-0.2, 0) is 4.74 Å². The van der Waals surface area contributed by atoms with Crippen molar-refractivity contribution in [3.05, 3.63) is 29.8 Å². The molecule has 1 unspecified atom stereocenters. The number of halogens is 2. The highest BCUT2D eigenvalue weighted by atomic mass is 19.3. The Morgan fingerprint density at radius 3 is 2.67 bits per heavy atom. The molecule has 0 aliphatic rings. The maximum Gasteiger partial charge on any atom is 0.387 e. The standard InChI is InChI=1S/C12H17F2NO3/c1-17-7-6-15-10(8-16)9-4-2-3-5-11(9)18-12(13)14/h2-5,10,12,15-16H,6-8H2,1H3. The van der Waals surface area contributed by atoms with Gasteiger partial charge in [0.2, 0.25) is 0 Å². The van der Waals surface area contributed by atoms with E-state index in [1.54, 1.807) is 25.3 Å². The highest BCUT2D eigenvalue weighted by Crippen LogP contribution is 2.26. The molecule has 0 bridgehead atoms. The van der Waals surface area contributed by atoms with Gasteiger partial charge in [0, 0.05) is 19.2 Å². The molecule has 0 aromatic heterocycles. The monoisotopic (exact) mass is 261 g/mol. The quantitative estimate of drug-likeness (QED) is 0.697. The summed E-state index contributed by atoms with van der Waals surface area (Å²) in [4.78, 5) is 0. The van der Waals surface area contributed by atoms with Gasteiger partial charge in [0.15, 0.2) is 0 Å². The van der Waals surface area contributed by atoms with Crippen LogP contribution < -0.4 is 10.1 Å². The zero-order valence-electron chi connectivity index (χ0n) is 10.1. The van der Waals surface area contributed by atoms with Crippen LogP contribution in [0.2, 0.25) is 0 Å². The molecule has 1 aromatic rings. The molecule has 0 saturated heterocycles. The summed E-state index contributed by atoms with van der Waals surface area (Å²) in [6.07, 6.45) is 0. The van der Waals surface area contributed by atoms with Gasteiger partial charge in [-0.15, -0.1) is 0 Å². The van der Waals surface area contributed by atoms with E-state index in [0.29, 0.717) is 18.7 Å². The Labute approximate surface area is 105 Å². The molecule has 1 atom stereocenters. The van der Waals surface area contributed by atoms with Crippen molar-refractivity contribution in [1.29, 1.82) is 0 Å². The molecule has 1 rings (SSSR count). The van der Waals surface area contributed by atoms with Crippen LogP contribution in [0.3, 0.4) is 0 Å². The first-order valence-electron chi connectivity index (χ1n) is 5.56. The van der Waals surface area contributed by atoms with E-state index < -0.39 is 12.7 Å². The predicted octanol–water partition coefficient (Wildman–Crippen LogP) is 1.56. The maximum atomic E-state index is 12.2. The SMILES string of the molecule is COCCNC(CO)c1ccccc1OC(F)F. The smallest absolute Gasteiger partial charge is 0.387 e. The summed E-state index contributed by atoms with van der Waals surface area (Å²) in [5.41, 5.74) is 0.497. The molecule has 1 aromatic carbocycles. The first-order chi connectivity index (χ1) is 8.69. The third kappa shape index (κ3) is 4.56. The molecule has 0 heterocycles. The zero-order chi connectivity index (χ0) is 13.4. The lowest BCUT2D eigenvalue weighted by molar-refractivity contribution is -0.0509. The fourth-order valence-corrected chi connectivity index (χ4v) is 1.58. The summed E-state index contributed by atoms with van der Waals surface area (Å²) in [6.45, 7) is -2.13. The number of hydrogen-bond donors (Lipinski definition) is 2. The number of aliphatic hydroxyl groups is 1. The van der Waals surface area contributed by atoms with E-state index in [4.69, 9.17) is 4.74 Å². The summed E-state index contributed by atoms with van der Waals surface area (Å²) < 4.78 is 33.8. The zero-order valence-corrected chi connectivity index (χ0v) is 10.1. The van der Waals surface area contributed by atoms with Crippen molar-refractivity contribution in [3.8, 4) is 5.75 Å². The summed E-state index contributed by atoms with van der Waals surface area (Å²) >= 11 is 0. The molecule has 102 valence electrons. The molecular weight excluding hydrogens is 244 g/mol. The van der Waals surface area contributed by atoms with Gasteiger partial charge < -0.3 is 19.9 Å². The number of para-hydroxylation sites is 1. The maximum absolute atomic E-state index is 12.2. The first-order valence-corrected chi connectivity index (χ1v) is 5.56. The molecule has 0 saturated carbocycles. The van der Waals surface area contributed by atoms with E-state index in [-0.39, 0.29) is 12.4 Å². The second-order valence-electron chi connectivity index (χ2n) is 3.60. The van der Waals surface area contributed by atoms with Crippen molar-refractivity contribution in [3.63, 3.8) is 0 Å². The van der Waals surface area contributed by atoms with Gasteiger partial charge >= 0.3 is 6.61 Å². The number of hydrogen-bond acceptors (Lipinski definition) is 4. The Hall–Kier alpha value is -1.24. The van der Waals surface area contributed by atoms with Crippen LogP contribution in [0.4, 0.5) is 8.78 Å². The fraction of sp³-hybridized carbons (Fsp3) is 0.500. The molecule has 0 radical (unpaired) electrons. The molecule has 0 aliphatic heterocycles. The molecule has 2 N–H and O–H groups in total. The molecule has 6 heteroatoms. The highest BCUT2D eigenvalue weighted by Gasteiger charge is 2.16. The number of alkyl halides is 2. The molecule has 0 amide bonds. The Balaban J connectivity index is 2.77. The van der Waals surface area contributed by atoms with Crippen LogP contribution >= 0.6 is 0 Å². The summed E-state index contributed by atoms with van der Waals surface area (Å²) in [6, 6.07) is 5.93. The minimum atomic E-state index is -2.88. The normalized spacial score (nSPS) is 12.7. The van der Waals surface area contributed by atoms with Crippen LogP contribution in [0.25, 0.3) is 0 Å². The molecular formula is C12H17F2NO3. The van der Waals surface area contributed by atoms with Crippen molar-refractivity contribution < 1.29 is 23.4 Å². The first kappa shape index (κ1) is 14.8. The molecule has 4 nitrogen and oxygen atoms in total. The minimum Gasteiger partial charge on any atom is -0.434 e. The van der Waals surface area contributed by atoms with Gasteiger partial charge in [-0.1, -0.05) is 18.2 Å². The van der Waals surface area contributed by atoms with Crippen LogP contribution in [0.15, 0.2) is 24.3 Å². The van der Waals surface area contributed by atoms with Crippen LogP contribution in [0.1, 0.15) is 11.6 Å². The van der Waals surface area contributed by atoms with E-state index in [1.807, 2.05) is 0 Å². The van der Waals surface area contributed by atoms with Crippen molar-refractivity contribution in [1.82, 2.24) is 5.32 Å². The molecule has 0 aliphatic carbocycles. The topological polar surface area (TPSA) is 50.7 Å². The van der Waals surface area contributed by atoms with E-state index in [1.165, 1.54) is 6.07 Å². The minimum absolute atomic E-state index is 0.0662. The van der Waals surface area contributed by atoms with Crippen molar-refractivity contribution in [2.24, 2.45) is 0 Å². The van der Waals surface area contributed by atoms with Gasteiger partial charge in [-0.25, -0.2) is 0 Å². The van der Waals surface area contributed by atoms with Crippen LogP contribution in [0, 0.1) is 0 Å². The number of rotatable bonds is 8. The number of ether oxygens (including phenoxy) is 2. The lowest BCUT2D eigenvalue weighted by Crippen LogP contribution is -2.28. The third-order valence-corrected chi connectivity index (χ3v) is 2.39. The predicted molar refractivity (Wildman–Crippen MR) is 62.8 cm³/mol. The van der Waals surface area contributed by atoms with Gasteiger partial charge in [0.1, 0.15) is 5.75 Å². The van der Waals surface area contributed by atoms with Gasteiger partial charge in [-0.3, -0.25) is 0 Å². The number of benzene rings is 1. The van der Waals surface area contributed by atoms with Crippen molar-refractivity contribution in [2.75, 3.05) is 26.9 Å².